The first kappa shape index (κ1) is 22.6. The third-order valence-electron chi connectivity index (χ3n) is 8.20. The van der Waals surface area contributed by atoms with Crippen LogP contribution < -0.4 is 0 Å². The van der Waals surface area contributed by atoms with Crippen LogP contribution in [-0.2, 0) is 11.2 Å². The van der Waals surface area contributed by atoms with Gasteiger partial charge in [0.25, 0.3) is 0 Å². The van der Waals surface area contributed by atoms with Crippen molar-refractivity contribution in [3.05, 3.63) is 35.4 Å². The Kier molecular flexibility index (Phi) is 8.82. The van der Waals surface area contributed by atoms with Gasteiger partial charge in [0, 0.05) is 5.41 Å². The molecule has 1 aromatic rings. The van der Waals surface area contributed by atoms with Crippen molar-refractivity contribution in [1.29, 1.82) is 0 Å². The summed E-state index contributed by atoms with van der Waals surface area (Å²) in [4.78, 5) is 11.6. The zero-order valence-corrected chi connectivity index (χ0v) is 19.1. The van der Waals surface area contributed by atoms with Crippen molar-refractivity contribution in [3.63, 3.8) is 0 Å². The van der Waals surface area contributed by atoms with Crippen LogP contribution in [0.4, 0.5) is 0 Å². The lowest BCUT2D eigenvalue weighted by atomic mass is 9.68. The molecule has 29 heavy (non-hydrogen) atoms. The molecule has 3 rings (SSSR count). The van der Waals surface area contributed by atoms with Crippen LogP contribution in [-0.4, -0.2) is 6.29 Å². The highest BCUT2D eigenvalue weighted by Gasteiger charge is 2.34. The Bertz CT molecular complexity index is 585. The van der Waals surface area contributed by atoms with E-state index < -0.39 is 0 Å². The Hall–Kier alpha value is -1.11. The van der Waals surface area contributed by atoms with Gasteiger partial charge in [-0.2, -0.15) is 0 Å². The predicted octanol–water partition coefficient (Wildman–Crippen LogP) is 8.26. The largest absolute Gasteiger partial charge is 0.303 e. The zero-order chi connectivity index (χ0) is 20.5. The summed E-state index contributed by atoms with van der Waals surface area (Å²) in [5.74, 6) is 2.64. The van der Waals surface area contributed by atoms with Crippen LogP contribution in [0.25, 0.3) is 0 Å². The van der Waals surface area contributed by atoms with E-state index in [1.54, 1.807) is 0 Å². The van der Waals surface area contributed by atoms with Gasteiger partial charge in [-0.25, -0.2) is 0 Å². The normalized spacial score (nSPS) is 30.2. The van der Waals surface area contributed by atoms with Crippen molar-refractivity contribution in [2.75, 3.05) is 0 Å². The Morgan fingerprint density at radius 2 is 1.48 bits per heavy atom. The van der Waals surface area contributed by atoms with Gasteiger partial charge < -0.3 is 4.79 Å². The third kappa shape index (κ3) is 6.43. The summed E-state index contributed by atoms with van der Waals surface area (Å²) in [6.45, 7) is 4.52. The van der Waals surface area contributed by atoms with Crippen molar-refractivity contribution in [2.24, 2.45) is 17.3 Å². The fourth-order valence-corrected chi connectivity index (χ4v) is 6.08. The van der Waals surface area contributed by atoms with Gasteiger partial charge in [0.2, 0.25) is 0 Å². The summed E-state index contributed by atoms with van der Waals surface area (Å²) in [5.41, 5.74) is 3.01. The maximum atomic E-state index is 11.6. The molecule has 0 bridgehead atoms. The molecule has 1 heteroatoms. The van der Waals surface area contributed by atoms with Gasteiger partial charge >= 0.3 is 0 Å². The van der Waals surface area contributed by atoms with E-state index in [-0.39, 0.29) is 5.41 Å². The van der Waals surface area contributed by atoms with E-state index in [9.17, 15) is 4.79 Å². The van der Waals surface area contributed by atoms with Gasteiger partial charge in [0.05, 0.1) is 0 Å². The molecule has 1 aromatic carbocycles. The molecule has 0 radical (unpaired) electrons. The Balaban J connectivity index is 1.41. The molecule has 2 fully saturated rings. The molecule has 0 heterocycles. The van der Waals surface area contributed by atoms with E-state index in [2.05, 4.69) is 38.1 Å². The summed E-state index contributed by atoms with van der Waals surface area (Å²) in [7, 11) is 0. The summed E-state index contributed by atoms with van der Waals surface area (Å²) < 4.78 is 0. The molecule has 1 nitrogen and oxygen atoms in total. The number of hydrogen-bond donors (Lipinski definition) is 0. The highest BCUT2D eigenvalue weighted by Crippen LogP contribution is 2.44. The van der Waals surface area contributed by atoms with Crippen molar-refractivity contribution >= 4 is 6.29 Å². The quantitative estimate of drug-likeness (QED) is 0.364. The number of carbonyl (C=O) groups is 1. The molecule has 0 N–H and O–H groups in total. The highest BCUT2D eigenvalue weighted by molar-refractivity contribution is 5.59. The fraction of sp³-hybridized carbons (Fsp3) is 0.750. The average Bonchev–Trinajstić information content (AvgIpc) is 2.78. The number of benzene rings is 1. The van der Waals surface area contributed by atoms with Crippen molar-refractivity contribution in [1.82, 2.24) is 0 Å². The van der Waals surface area contributed by atoms with Gasteiger partial charge in [0.15, 0.2) is 0 Å². The number of hydrogen-bond acceptors (Lipinski definition) is 1. The monoisotopic (exact) mass is 396 g/mol. The SMILES string of the molecule is CCCCC1CCC(CCc2ccc(C3CCC(C=O)(CCC)CC3)cc2)CC1. The molecule has 2 aliphatic rings. The number of unbranched alkanes of at least 4 members (excludes halogenated alkanes) is 1. The molecular weight excluding hydrogens is 352 g/mol. The average molecular weight is 397 g/mol. The first-order chi connectivity index (χ1) is 14.2. The van der Waals surface area contributed by atoms with E-state index in [0.717, 1.165) is 37.5 Å². The standard InChI is InChI=1S/C28H44O/c1-3-5-6-23-7-9-24(10-8-23)11-12-25-13-15-26(16-14-25)27-17-20-28(22-29,19-4-2)21-18-27/h13-16,22-24,27H,3-12,17-21H2,1-2H3. The Morgan fingerprint density at radius 3 is 2.03 bits per heavy atom. The van der Waals surface area contributed by atoms with E-state index >= 15 is 0 Å². The van der Waals surface area contributed by atoms with Crippen LogP contribution in [0, 0.1) is 17.3 Å². The lowest BCUT2D eigenvalue weighted by Crippen LogP contribution is -2.28. The van der Waals surface area contributed by atoms with Crippen molar-refractivity contribution in [2.45, 2.75) is 116 Å². The van der Waals surface area contributed by atoms with Crippen LogP contribution in [0.3, 0.4) is 0 Å². The van der Waals surface area contributed by atoms with E-state index in [0.29, 0.717) is 5.92 Å². The lowest BCUT2D eigenvalue weighted by Gasteiger charge is -2.36. The van der Waals surface area contributed by atoms with Gasteiger partial charge in [-0.05, 0) is 73.8 Å². The molecule has 162 valence electrons. The van der Waals surface area contributed by atoms with Crippen LogP contribution in [0.1, 0.15) is 121 Å². The molecular formula is C28H44O. The smallest absolute Gasteiger partial charge is 0.126 e. The first-order valence-electron chi connectivity index (χ1n) is 12.7. The van der Waals surface area contributed by atoms with Crippen molar-refractivity contribution in [3.8, 4) is 0 Å². The summed E-state index contributed by atoms with van der Waals surface area (Å²) in [6.07, 6.45) is 20.8. The molecule has 0 aliphatic heterocycles. The van der Waals surface area contributed by atoms with Crippen LogP contribution in [0.5, 0.6) is 0 Å². The topological polar surface area (TPSA) is 17.1 Å². The lowest BCUT2D eigenvalue weighted by molar-refractivity contribution is -0.118. The second-order valence-electron chi connectivity index (χ2n) is 10.3. The van der Waals surface area contributed by atoms with Gasteiger partial charge in [-0.15, -0.1) is 0 Å². The Morgan fingerprint density at radius 1 is 0.862 bits per heavy atom. The zero-order valence-electron chi connectivity index (χ0n) is 19.1. The first-order valence-corrected chi connectivity index (χ1v) is 12.7. The maximum absolute atomic E-state index is 11.6. The molecule has 0 spiro atoms. The summed E-state index contributed by atoms with van der Waals surface area (Å²) in [5, 5.41) is 0. The number of aldehydes is 1. The summed E-state index contributed by atoms with van der Waals surface area (Å²) in [6, 6.07) is 9.54. The third-order valence-corrected chi connectivity index (χ3v) is 8.20. The van der Waals surface area contributed by atoms with Gasteiger partial charge in [-0.1, -0.05) is 89.5 Å². The highest BCUT2D eigenvalue weighted by atomic mass is 16.1. The minimum absolute atomic E-state index is 0.0132. The fourth-order valence-electron chi connectivity index (χ4n) is 6.08. The van der Waals surface area contributed by atoms with Crippen LogP contribution in [0.2, 0.25) is 0 Å². The number of carbonyl (C=O) groups excluding carboxylic acids is 1. The van der Waals surface area contributed by atoms with Crippen molar-refractivity contribution < 1.29 is 4.79 Å². The Labute approximate surface area is 180 Å². The van der Waals surface area contributed by atoms with E-state index in [1.165, 1.54) is 88.0 Å². The van der Waals surface area contributed by atoms with Crippen LogP contribution >= 0.6 is 0 Å². The molecule has 0 saturated heterocycles. The molecule has 2 aliphatic carbocycles. The second-order valence-corrected chi connectivity index (χ2v) is 10.3. The molecule has 2 saturated carbocycles. The molecule has 0 amide bonds. The summed E-state index contributed by atoms with van der Waals surface area (Å²) >= 11 is 0. The van der Waals surface area contributed by atoms with E-state index in [1.807, 2.05) is 0 Å². The minimum atomic E-state index is -0.0132. The molecule has 0 atom stereocenters. The minimum Gasteiger partial charge on any atom is -0.303 e. The van der Waals surface area contributed by atoms with Gasteiger partial charge in [0.1, 0.15) is 6.29 Å². The number of aryl methyl sites for hydroxylation is 1. The van der Waals surface area contributed by atoms with E-state index in [4.69, 9.17) is 0 Å². The predicted molar refractivity (Wildman–Crippen MR) is 124 cm³/mol. The second kappa shape index (κ2) is 11.3. The molecule has 0 unspecified atom stereocenters. The van der Waals surface area contributed by atoms with Crippen LogP contribution in [0.15, 0.2) is 24.3 Å². The van der Waals surface area contributed by atoms with Gasteiger partial charge in [-0.3, -0.25) is 0 Å². The molecule has 0 aromatic heterocycles. The number of rotatable bonds is 10. The maximum Gasteiger partial charge on any atom is 0.126 e.